The van der Waals surface area contributed by atoms with Crippen molar-refractivity contribution < 1.29 is 9.59 Å². The number of carbonyl (C=O) groups is 2. The SMILES string of the molecule is CCC[C@H](N(NC(=O)c1ccccc1Br)C(=O)c1cc(C)cc(C)c1)C(C)(C)C. The zero-order valence-corrected chi connectivity index (χ0v) is 19.8. The molecule has 0 saturated carbocycles. The molecule has 2 amide bonds. The van der Waals surface area contributed by atoms with Crippen LogP contribution in [-0.2, 0) is 0 Å². The first-order chi connectivity index (χ1) is 13.5. The van der Waals surface area contributed by atoms with E-state index in [0.29, 0.717) is 15.6 Å². The third-order valence-electron chi connectivity index (χ3n) is 4.90. The number of nitrogens with zero attached hydrogens (tertiary/aromatic N) is 1. The van der Waals surface area contributed by atoms with Gasteiger partial charge in [-0.05, 0) is 65.9 Å². The second kappa shape index (κ2) is 9.57. The Morgan fingerprint density at radius 3 is 2.17 bits per heavy atom. The second-order valence-electron chi connectivity index (χ2n) is 8.64. The number of halogens is 1. The molecule has 0 saturated heterocycles. The second-order valence-corrected chi connectivity index (χ2v) is 9.50. The molecule has 0 unspecified atom stereocenters. The Hall–Kier alpha value is -2.14. The van der Waals surface area contributed by atoms with Crippen molar-refractivity contribution in [2.75, 3.05) is 0 Å². The standard InChI is InChI=1S/C24H31BrN2O2/c1-7-10-21(24(4,5)6)27(23(29)18-14-16(2)13-17(3)15-18)26-22(28)19-11-8-9-12-20(19)25/h8-9,11-15,21H,7,10H2,1-6H3,(H,26,28)/t21-/m0/s1. The number of benzene rings is 2. The number of carbonyl (C=O) groups excluding carboxylic acids is 2. The van der Waals surface area contributed by atoms with Crippen LogP contribution in [0.5, 0.6) is 0 Å². The molecule has 1 N–H and O–H groups in total. The molecular formula is C24H31BrN2O2. The minimum atomic E-state index is -0.305. The summed E-state index contributed by atoms with van der Waals surface area (Å²) >= 11 is 3.43. The van der Waals surface area contributed by atoms with Gasteiger partial charge < -0.3 is 0 Å². The number of aryl methyl sites for hydroxylation is 2. The van der Waals surface area contributed by atoms with Gasteiger partial charge in [0.1, 0.15) is 0 Å². The van der Waals surface area contributed by atoms with Crippen molar-refractivity contribution in [3.8, 4) is 0 Å². The third kappa shape index (κ3) is 5.92. The first-order valence-corrected chi connectivity index (χ1v) is 10.8. The highest BCUT2D eigenvalue weighted by molar-refractivity contribution is 9.10. The molecule has 2 aromatic carbocycles. The van der Waals surface area contributed by atoms with Gasteiger partial charge in [-0.15, -0.1) is 0 Å². The van der Waals surface area contributed by atoms with Crippen molar-refractivity contribution in [2.24, 2.45) is 5.41 Å². The number of hydrazine groups is 1. The Morgan fingerprint density at radius 2 is 1.66 bits per heavy atom. The van der Waals surface area contributed by atoms with E-state index in [1.165, 1.54) is 0 Å². The van der Waals surface area contributed by atoms with Gasteiger partial charge in [0.2, 0.25) is 0 Å². The van der Waals surface area contributed by atoms with E-state index in [0.717, 1.165) is 24.0 Å². The van der Waals surface area contributed by atoms with Crippen LogP contribution in [0.3, 0.4) is 0 Å². The molecule has 4 nitrogen and oxygen atoms in total. The van der Waals surface area contributed by atoms with Crippen LogP contribution in [0.25, 0.3) is 0 Å². The fraction of sp³-hybridized carbons (Fsp3) is 0.417. The molecule has 0 radical (unpaired) electrons. The predicted octanol–water partition coefficient (Wildman–Crippen LogP) is 6.07. The lowest BCUT2D eigenvalue weighted by molar-refractivity contribution is 0.0270. The summed E-state index contributed by atoms with van der Waals surface area (Å²) in [6.45, 7) is 12.3. The summed E-state index contributed by atoms with van der Waals surface area (Å²) in [4.78, 5) is 26.6. The molecule has 2 rings (SSSR count). The van der Waals surface area contributed by atoms with Crippen molar-refractivity contribution in [1.29, 1.82) is 0 Å². The predicted molar refractivity (Wildman–Crippen MR) is 122 cm³/mol. The first-order valence-electron chi connectivity index (χ1n) is 10.0. The molecule has 0 aliphatic rings. The van der Waals surface area contributed by atoms with Crippen LogP contribution >= 0.6 is 15.9 Å². The van der Waals surface area contributed by atoms with Gasteiger partial charge in [-0.1, -0.05) is 63.4 Å². The van der Waals surface area contributed by atoms with Crippen LogP contribution in [0.1, 0.15) is 72.4 Å². The lowest BCUT2D eigenvalue weighted by Gasteiger charge is -2.40. The maximum absolute atomic E-state index is 13.6. The summed E-state index contributed by atoms with van der Waals surface area (Å²) in [6.07, 6.45) is 1.69. The van der Waals surface area contributed by atoms with E-state index in [9.17, 15) is 9.59 Å². The van der Waals surface area contributed by atoms with Gasteiger partial charge >= 0.3 is 0 Å². The fourth-order valence-corrected chi connectivity index (χ4v) is 4.01. The average Bonchev–Trinajstić information content (AvgIpc) is 2.62. The normalized spacial score (nSPS) is 12.4. The smallest absolute Gasteiger partial charge is 0.267 e. The van der Waals surface area contributed by atoms with Crippen LogP contribution in [-0.4, -0.2) is 22.9 Å². The summed E-state index contributed by atoms with van der Waals surface area (Å²) in [5.74, 6) is -0.494. The van der Waals surface area contributed by atoms with E-state index in [2.05, 4.69) is 49.1 Å². The van der Waals surface area contributed by atoms with Crippen LogP contribution < -0.4 is 5.43 Å². The zero-order chi connectivity index (χ0) is 21.8. The largest absolute Gasteiger partial charge is 0.272 e. The topological polar surface area (TPSA) is 49.4 Å². The van der Waals surface area contributed by atoms with Gasteiger partial charge in [-0.25, -0.2) is 5.01 Å². The van der Waals surface area contributed by atoms with Crippen molar-refractivity contribution in [2.45, 2.75) is 60.4 Å². The molecule has 0 aromatic heterocycles. The van der Waals surface area contributed by atoms with Gasteiger partial charge in [-0.3, -0.25) is 15.0 Å². The summed E-state index contributed by atoms with van der Waals surface area (Å²) in [5, 5.41) is 1.54. The van der Waals surface area contributed by atoms with E-state index >= 15 is 0 Å². The minimum absolute atomic E-state index is 0.146. The monoisotopic (exact) mass is 458 g/mol. The highest BCUT2D eigenvalue weighted by atomic mass is 79.9. The number of rotatable bonds is 5. The molecule has 5 heteroatoms. The van der Waals surface area contributed by atoms with Gasteiger partial charge in [0.15, 0.2) is 0 Å². The van der Waals surface area contributed by atoms with E-state index < -0.39 is 0 Å². The van der Waals surface area contributed by atoms with Crippen LogP contribution in [0, 0.1) is 19.3 Å². The summed E-state index contributed by atoms with van der Waals surface area (Å²) in [6, 6.07) is 12.9. The lowest BCUT2D eigenvalue weighted by Crippen LogP contribution is -2.56. The van der Waals surface area contributed by atoms with Crippen LogP contribution in [0.2, 0.25) is 0 Å². The summed E-state index contributed by atoms with van der Waals surface area (Å²) in [5.41, 5.74) is 5.84. The minimum Gasteiger partial charge on any atom is -0.267 e. The fourth-order valence-electron chi connectivity index (χ4n) is 3.55. The molecular weight excluding hydrogens is 428 g/mol. The van der Waals surface area contributed by atoms with E-state index in [1.807, 2.05) is 50.2 Å². The van der Waals surface area contributed by atoms with Gasteiger partial charge in [0, 0.05) is 10.0 Å². The number of hydrogen-bond donors (Lipinski definition) is 1. The molecule has 0 fully saturated rings. The number of nitrogens with one attached hydrogen (secondary N) is 1. The van der Waals surface area contributed by atoms with Gasteiger partial charge in [-0.2, -0.15) is 0 Å². The Balaban J connectivity index is 2.48. The molecule has 0 bridgehead atoms. The molecule has 156 valence electrons. The molecule has 0 heterocycles. The van der Waals surface area contributed by atoms with Crippen molar-refractivity contribution >= 4 is 27.7 Å². The quantitative estimate of drug-likeness (QED) is 0.552. The number of amides is 2. The van der Waals surface area contributed by atoms with E-state index in [4.69, 9.17) is 0 Å². The summed E-state index contributed by atoms with van der Waals surface area (Å²) in [7, 11) is 0. The number of hydrogen-bond acceptors (Lipinski definition) is 2. The van der Waals surface area contributed by atoms with Crippen LogP contribution in [0.15, 0.2) is 46.9 Å². The van der Waals surface area contributed by atoms with Crippen molar-refractivity contribution in [1.82, 2.24) is 10.4 Å². The van der Waals surface area contributed by atoms with Gasteiger partial charge in [0.05, 0.1) is 11.6 Å². The Kier molecular flexibility index (Phi) is 7.64. The lowest BCUT2D eigenvalue weighted by atomic mass is 9.83. The van der Waals surface area contributed by atoms with Crippen molar-refractivity contribution in [3.05, 3.63) is 69.2 Å². The highest BCUT2D eigenvalue weighted by Gasteiger charge is 2.35. The van der Waals surface area contributed by atoms with Crippen LogP contribution in [0.4, 0.5) is 0 Å². The average molecular weight is 459 g/mol. The van der Waals surface area contributed by atoms with E-state index in [1.54, 1.807) is 11.1 Å². The summed E-state index contributed by atoms with van der Waals surface area (Å²) < 4.78 is 0.694. The molecule has 29 heavy (non-hydrogen) atoms. The molecule has 0 aliphatic heterocycles. The highest BCUT2D eigenvalue weighted by Crippen LogP contribution is 2.29. The van der Waals surface area contributed by atoms with E-state index in [-0.39, 0.29) is 23.3 Å². The Morgan fingerprint density at radius 1 is 1.07 bits per heavy atom. The Labute approximate surface area is 182 Å². The molecule has 0 aliphatic carbocycles. The molecule has 1 atom stereocenters. The third-order valence-corrected chi connectivity index (χ3v) is 5.59. The first kappa shape index (κ1) is 23.1. The maximum Gasteiger partial charge on any atom is 0.272 e. The zero-order valence-electron chi connectivity index (χ0n) is 18.2. The maximum atomic E-state index is 13.6. The molecule has 2 aromatic rings. The molecule has 0 spiro atoms. The Bertz CT molecular complexity index is 866. The van der Waals surface area contributed by atoms with Gasteiger partial charge in [0.25, 0.3) is 11.8 Å². The van der Waals surface area contributed by atoms with Crippen molar-refractivity contribution in [3.63, 3.8) is 0 Å².